The second-order valence-corrected chi connectivity index (χ2v) is 5.50. The van der Waals surface area contributed by atoms with Crippen LogP contribution in [-0.2, 0) is 0 Å². The number of alkyl halides is 3. The Labute approximate surface area is 108 Å². The number of nitrogens with two attached hydrogens (primary N) is 1. The second-order valence-electron chi connectivity index (χ2n) is 5.50. The van der Waals surface area contributed by atoms with Crippen LogP contribution in [-0.4, -0.2) is 37.3 Å². The van der Waals surface area contributed by atoms with Crippen LogP contribution in [0.25, 0.3) is 0 Å². The molecule has 3 unspecified atom stereocenters. The Hall–Kier alpha value is -0.290. The lowest BCUT2D eigenvalue weighted by Gasteiger charge is -2.41. The van der Waals surface area contributed by atoms with Gasteiger partial charge in [-0.05, 0) is 38.3 Å². The summed E-state index contributed by atoms with van der Waals surface area (Å²) in [5.74, 6) is 0.997. The Kier molecular flexibility index (Phi) is 5.92. The van der Waals surface area contributed by atoms with Crippen molar-refractivity contribution in [1.29, 1.82) is 0 Å². The molecule has 0 radical (unpaired) electrons. The highest BCUT2D eigenvalue weighted by Crippen LogP contribution is 2.33. The first-order valence-corrected chi connectivity index (χ1v) is 6.84. The average molecular weight is 266 g/mol. The molecule has 0 aromatic rings. The molecule has 108 valence electrons. The minimum absolute atomic E-state index is 0.0844. The van der Waals surface area contributed by atoms with Crippen LogP contribution in [0.4, 0.5) is 13.2 Å². The van der Waals surface area contributed by atoms with Crippen molar-refractivity contribution in [3.63, 3.8) is 0 Å². The lowest BCUT2D eigenvalue weighted by atomic mass is 9.76. The zero-order valence-electron chi connectivity index (χ0n) is 11.3. The number of rotatable bonds is 5. The van der Waals surface area contributed by atoms with E-state index in [-0.39, 0.29) is 12.6 Å². The Morgan fingerprint density at radius 1 is 1.28 bits per heavy atom. The monoisotopic (exact) mass is 266 g/mol. The predicted molar refractivity (Wildman–Crippen MR) is 67.3 cm³/mol. The summed E-state index contributed by atoms with van der Waals surface area (Å²) in [5.41, 5.74) is 5.75. The van der Waals surface area contributed by atoms with Gasteiger partial charge in [-0.25, -0.2) is 0 Å². The van der Waals surface area contributed by atoms with Crippen LogP contribution in [0.3, 0.4) is 0 Å². The maximum Gasteiger partial charge on any atom is 0.390 e. The van der Waals surface area contributed by atoms with Crippen LogP contribution in [0, 0.1) is 11.8 Å². The maximum absolute atomic E-state index is 12.3. The summed E-state index contributed by atoms with van der Waals surface area (Å²) >= 11 is 0. The fourth-order valence-electron chi connectivity index (χ4n) is 2.95. The molecule has 0 amide bonds. The van der Waals surface area contributed by atoms with Crippen LogP contribution >= 0.6 is 0 Å². The topological polar surface area (TPSA) is 29.3 Å². The third-order valence-corrected chi connectivity index (χ3v) is 4.26. The molecular weight excluding hydrogens is 241 g/mol. The molecule has 0 spiro atoms. The van der Waals surface area contributed by atoms with Crippen molar-refractivity contribution in [2.75, 3.05) is 20.1 Å². The van der Waals surface area contributed by atoms with Crippen LogP contribution in [0.5, 0.6) is 0 Å². The summed E-state index contributed by atoms with van der Waals surface area (Å²) < 4.78 is 36.8. The van der Waals surface area contributed by atoms with Crippen LogP contribution < -0.4 is 5.73 Å². The number of halogens is 3. The van der Waals surface area contributed by atoms with Gasteiger partial charge in [0.25, 0.3) is 0 Å². The van der Waals surface area contributed by atoms with Gasteiger partial charge in [0.15, 0.2) is 0 Å². The van der Waals surface area contributed by atoms with Gasteiger partial charge in [-0.1, -0.05) is 19.8 Å². The van der Waals surface area contributed by atoms with Crippen molar-refractivity contribution >= 4 is 0 Å². The highest BCUT2D eigenvalue weighted by atomic mass is 19.4. The molecule has 2 nitrogen and oxygen atoms in total. The van der Waals surface area contributed by atoms with Gasteiger partial charge < -0.3 is 10.6 Å². The lowest BCUT2D eigenvalue weighted by molar-refractivity contribution is -0.139. The largest absolute Gasteiger partial charge is 0.390 e. The van der Waals surface area contributed by atoms with Gasteiger partial charge in [0.1, 0.15) is 0 Å². The summed E-state index contributed by atoms with van der Waals surface area (Å²) in [6.07, 6.45) is -0.467. The Balaban J connectivity index is 2.53. The van der Waals surface area contributed by atoms with Gasteiger partial charge in [0.05, 0.1) is 6.42 Å². The zero-order chi connectivity index (χ0) is 13.8. The Bertz CT molecular complexity index is 243. The van der Waals surface area contributed by atoms with Crippen molar-refractivity contribution < 1.29 is 13.2 Å². The summed E-state index contributed by atoms with van der Waals surface area (Å²) in [7, 11) is 1.80. The molecule has 1 aliphatic rings. The normalized spacial score (nSPS) is 29.8. The molecule has 0 saturated heterocycles. The van der Waals surface area contributed by atoms with Crippen molar-refractivity contribution in [2.45, 2.75) is 51.2 Å². The van der Waals surface area contributed by atoms with Gasteiger partial charge in [0.2, 0.25) is 0 Å². The minimum atomic E-state index is -4.06. The quantitative estimate of drug-likeness (QED) is 0.828. The van der Waals surface area contributed by atoms with Crippen LogP contribution in [0.1, 0.15) is 39.0 Å². The standard InChI is InChI=1S/C13H25F3N2/c1-3-10-4-5-11(9-17)12(8-10)18(2)7-6-13(14,15)16/h10-12H,3-9,17H2,1-2H3. The van der Waals surface area contributed by atoms with Crippen molar-refractivity contribution in [1.82, 2.24) is 4.90 Å². The molecule has 3 atom stereocenters. The SMILES string of the molecule is CCC1CCC(CN)C(N(C)CCC(F)(F)F)C1. The van der Waals surface area contributed by atoms with Crippen molar-refractivity contribution in [2.24, 2.45) is 17.6 Å². The molecular formula is C13H25F3N2. The third-order valence-electron chi connectivity index (χ3n) is 4.26. The summed E-state index contributed by atoms with van der Waals surface area (Å²) in [6.45, 7) is 2.82. The van der Waals surface area contributed by atoms with Crippen LogP contribution in [0.15, 0.2) is 0 Å². The molecule has 18 heavy (non-hydrogen) atoms. The molecule has 1 aliphatic carbocycles. The van der Waals surface area contributed by atoms with Gasteiger partial charge in [-0.2, -0.15) is 13.2 Å². The molecule has 0 aromatic heterocycles. The van der Waals surface area contributed by atoms with Gasteiger partial charge in [-0.3, -0.25) is 0 Å². The fraction of sp³-hybridized carbons (Fsp3) is 1.00. The smallest absolute Gasteiger partial charge is 0.330 e. The molecule has 0 aliphatic heterocycles. The molecule has 0 aromatic carbocycles. The zero-order valence-corrected chi connectivity index (χ0v) is 11.3. The third kappa shape index (κ3) is 4.76. The van der Waals surface area contributed by atoms with Gasteiger partial charge in [-0.15, -0.1) is 0 Å². The van der Waals surface area contributed by atoms with E-state index < -0.39 is 12.6 Å². The van der Waals surface area contributed by atoms with E-state index in [4.69, 9.17) is 5.73 Å². The Morgan fingerprint density at radius 2 is 1.94 bits per heavy atom. The first-order chi connectivity index (χ1) is 8.37. The molecule has 1 saturated carbocycles. The van der Waals surface area contributed by atoms with E-state index in [9.17, 15) is 13.2 Å². The minimum Gasteiger partial charge on any atom is -0.330 e. The fourth-order valence-corrected chi connectivity index (χ4v) is 2.95. The van der Waals surface area contributed by atoms with E-state index >= 15 is 0 Å². The summed E-state index contributed by atoms with van der Waals surface area (Å²) in [5, 5.41) is 0. The van der Waals surface area contributed by atoms with E-state index in [1.165, 1.54) is 6.42 Å². The molecule has 0 heterocycles. The summed E-state index contributed by atoms with van der Waals surface area (Å²) in [4.78, 5) is 1.87. The molecule has 1 rings (SSSR count). The first kappa shape index (κ1) is 15.8. The predicted octanol–water partition coefficient (Wildman–Crippen LogP) is 3.02. The average Bonchev–Trinajstić information content (AvgIpc) is 2.34. The molecule has 1 fully saturated rings. The van der Waals surface area contributed by atoms with Crippen molar-refractivity contribution in [3.8, 4) is 0 Å². The van der Waals surface area contributed by atoms with Gasteiger partial charge >= 0.3 is 6.18 Å². The number of nitrogens with zero attached hydrogens (tertiary/aromatic N) is 1. The van der Waals surface area contributed by atoms with E-state index in [1.807, 2.05) is 4.90 Å². The maximum atomic E-state index is 12.3. The highest BCUT2D eigenvalue weighted by molar-refractivity contribution is 4.86. The second kappa shape index (κ2) is 6.75. The number of hydrogen-bond acceptors (Lipinski definition) is 2. The van der Waals surface area contributed by atoms with E-state index in [0.717, 1.165) is 19.3 Å². The van der Waals surface area contributed by atoms with Gasteiger partial charge in [0, 0.05) is 12.6 Å². The Morgan fingerprint density at radius 3 is 2.44 bits per heavy atom. The first-order valence-electron chi connectivity index (χ1n) is 6.84. The van der Waals surface area contributed by atoms with E-state index in [2.05, 4.69) is 6.92 Å². The lowest BCUT2D eigenvalue weighted by Crippen LogP contribution is -2.46. The number of hydrogen-bond donors (Lipinski definition) is 1. The van der Waals surface area contributed by atoms with E-state index in [0.29, 0.717) is 18.4 Å². The van der Waals surface area contributed by atoms with E-state index in [1.54, 1.807) is 7.05 Å². The highest BCUT2D eigenvalue weighted by Gasteiger charge is 2.34. The molecule has 2 N–H and O–H groups in total. The molecule has 0 bridgehead atoms. The molecule has 5 heteroatoms. The van der Waals surface area contributed by atoms with Crippen LogP contribution in [0.2, 0.25) is 0 Å². The van der Waals surface area contributed by atoms with Crippen molar-refractivity contribution in [3.05, 3.63) is 0 Å². The summed E-state index contributed by atoms with van der Waals surface area (Å²) in [6, 6.07) is 0.219.